The second kappa shape index (κ2) is 9.26. The highest BCUT2D eigenvalue weighted by molar-refractivity contribution is 5.98. The first-order chi connectivity index (χ1) is 12.8. The van der Waals surface area contributed by atoms with Crippen LogP contribution >= 0.6 is 0 Å². The molecule has 0 spiro atoms. The van der Waals surface area contributed by atoms with Crippen molar-refractivity contribution in [2.24, 2.45) is 11.7 Å². The molecule has 0 radical (unpaired) electrons. The summed E-state index contributed by atoms with van der Waals surface area (Å²) in [6, 6.07) is 8.49. The molecule has 0 aliphatic heterocycles. The SMILES string of the molecule is CCCc1cc(-c2cccc(C(=O)N[C@@H](CC(C)C)C(N)=O)c2)nc(C)n1. The van der Waals surface area contributed by atoms with Crippen molar-refractivity contribution in [2.75, 3.05) is 0 Å². The Morgan fingerprint density at radius 3 is 2.56 bits per heavy atom. The average Bonchev–Trinajstić information content (AvgIpc) is 2.60. The van der Waals surface area contributed by atoms with Crippen LogP contribution in [0.25, 0.3) is 11.3 Å². The van der Waals surface area contributed by atoms with Gasteiger partial charge in [-0.15, -0.1) is 0 Å². The predicted molar refractivity (Wildman–Crippen MR) is 106 cm³/mol. The Balaban J connectivity index is 2.26. The van der Waals surface area contributed by atoms with Crippen LogP contribution in [0.2, 0.25) is 0 Å². The number of aryl methyl sites for hydroxylation is 2. The summed E-state index contributed by atoms with van der Waals surface area (Å²) in [5.74, 6) is 0.108. The molecule has 27 heavy (non-hydrogen) atoms. The van der Waals surface area contributed by atoms with Gasteiger partial charge in [-0.05, 0) is 43.9 Å². The van der Waals surface area contributed by atoms with E-state index in [0.717, 1.165) is 29.8 Å². The maximum atomic E-state index is 12.6. The minimum atomic E-state index is -0.682. The number of rotatable bonds is 8. The topological polar surface area (TPSA) is 98.0 Å². The second-order valence-corrected chi connectivity index (χ2v) is 7.18. The van der Waals surface area contributed by atoms with Gasteiger partial charge in [0.2, 0.25) is 5.91 Å². The number of nitrogens with one attached hydrogen (secondary N) is 1. The lowest BCUT2D eigenvalue weighted by Gasteiger charge is -2.17. The monoisotopic (exact) mass is 368 g/mol. The van der Waals surface area contributed by atoms with E-state index in [4.69, 9.17) is 5.73 Å². The number of primary amides is 1. The first kappa shape index (κ1) is 20.6. The molecule has 1 heterocycles. The van der Waals surface area contributed by atoms with Crippen molar-refractivity contribution < 1.29 is 9.59 Å². The number of hydrogen-bond acceptors (Lipinski definition) is 4. The summed E-state index contributed by atoms with van der Waals surface area (Å²) in [5.41, 5.74) is 8.50. The molecule has 6 nitrogen and oxygen atoms in total. The van der Waals surface area contributed by atoms with Gasteiger partial charge in [-0.25, -0.2) is 9.97 Å². The lowest BCUT2D eigenvalue weighted by atomic mass is 10.0. The number of nitrogens with two attached hydrogens (primary N) is 1. The molecule has 2 amide bonds. The number of benzene rings is 1. The molecule has 1 atom stereocenters. The predicted octanol–water partition coefficient (Wildman–Crippen LogP) is 3.03. The van der Waals surface area contributed by atoms with E-state index in [1.165, 1.54) is 0 Å². The normalized spacial score (nSPS) is 12.0. The molecule has 2 aromatic rings. The van der Waals surface area contributed by atoms with Gasteiger partial charge in [0.1, 0.15) is 11.9 Å². The summed E-state index contributed by atoms with van der Waals surface area (Å²) in [7, 11) is 0. The van der Waals surface area contributed by atoms with Gasteiger partial charge in [-0.2, -0.15) is 0 Å². The largest absolute Gasteiger partial charge is 0.368 e. The number of nitrogens with zero attached hydrogens (tertiary/aromatic N) is 2. The highest BCUT2D eigenvalue weighted by Gasteiger charge is 2.20. The van der Waals surface area contributed by atoms with Gasteiger partial charge in [0, 0.05) is 16.8 Å². The van der Waals surface area contributed by atoms with Crippen LogP contribution in [0, 0.1) is 12.8 Å². The molecule has 0 fully saturated rings. The van der Waals surface area contributed by atoms with Crippen LogP contribution in [-0.4, -0.2) is 27.8 Å². The molecule has 0 bridgehead atoms. The minimum Gasteiger partial charge on any atom is -0.368 e. The summed E-state index contributed by atoms with van der Waals surface area (Å²) >= 11 is 0. The number of carbonyl (C=O) groups excluding carboxylic acids is 2. The van der Waals surface area contributed by atoms with Crippen LogP contribution in [0.4, 0.5) is 0 Å². The van der Waals surface area contributed by atoms with E-state index in [1.54, 1.807) is 12.1 Å². The van der Waals surface area contributed by atoms with Crippen LogP contribution in [0.1, 0.15) is 55.5 Å². The van der Waals surface area contributed by atoms with E-state index in [9.17, 15) is 9.59 Å². The molecule has 0 saturated heterocycles. The Hall–Kier alpha value is -2.76. The summed E-state index contributed by atoms with van der Waals surface area (Å²) in [4.78, 5) is 33.2. The Bertz CT molecular complexity index is 818. The molecule has 3 N–H and O–H groups in total. The molecule has 1 aromatic carbocycles. The Morgan fingerprint density at radius 2 is 1.93 bits per heavy atom. The Morgan fingerprint density at radius 1 is 1.19 bits per heavy atom. The van der Waals surface area contributed by atoms with Gasteiger partial charge in [0.05, 0.1) is 5.69 Å². The number of carbonyl (C=O) groups is 2. The fourth-order valence-electron chi connectivity index (χ4n) is 2.94. The molecule has 0 unspecified atom stereocenters. The number of aromatic nitrogens is 2. The van der Waals surface area contributed by atoms with Crippen LogP contribution in [-0.2, 0) is 11.2 Å². The molecular weight excluding hydrogens is 340 g/mol. The minimum absolute atomic E-state index is 0.245. The van der Waals surface area contributed by atoms with Gasteiger partial charge < -0.3 is 11.1 Å². The van der Waals surface area contributed by atoms with Crippen molar-refractivity contribution in [3.05, 3.63) is 47.4 Å². The average molecular weight is 368 g/mol. The zero-order chi connectivity index (χ0) is 20.0. The third-order valence-electron chi connectivity index (χ3n) is 4.17. The molecule has 6 heteroatoms. The molecular formula is C21H28N4O2. The molecule has 0 aliphatic carbocycles. The molecule has 0 aliphatic rings. The first-order valence-corrected chi connectivity index (χ1v) is 9.35. The Labute approximate surface area is 160 Å². The Kier molecular flexibility index (Phi) is 7.05. The molecule has 2 rings (SSSR count). The summed E-state index contributed by atoms with van der Waals surface area (Å²) < 4.78 is 0. The zero-order valence-corrected chi connectivity index (χ0v) is 16.5. The lowest BCUT2D eigenvalue weighted by molar-refractivity contribution is -0.120. The third kappa shape index (κ3) is 5.88. The smallest absolute Gasteiger partial charge is 0.251 e. The van der Waals surface area contributed by atoms with Crippen LogP contribution in [0.15, 0.2) is 30.3 Å². The molecule has 144 valence electrons. The van der Waals surface area contributed by atoms with Gasteiger partial charge in [0.15, 0.2) is 0 Å². The van der Waals surface area contributed by atoms with E-state index >= 15 is 0 Å². The summed E-state index contributed by atoms with van der Waals surface area (Å²) in [5, 5.41) is 2.74. The van der Waals surface area contributed by atoms with E-state index in [-0.39, 0.29) is 11.8 Å². The van der Waals surface area contributed by atoms with Crippen molar-refractivity contribution >= 4 is 11.8 Å². The maximum absolute atomic E-state index is 12.6. The van der Waals surface area contributed by atoms with E-state index in [1.807, 2.05) is 39.0 Å². The number of hydrogen-bond donors (Lipinski definition) is 2. The van der Waals surface area contributed by atoms with Crippen LogP contribution < -0.4 is 11.1 Å². The van der Waals surface area contributed by atoms with E-state index < -0.39 is 11.9 Å². The van der Waals surface area contributed by atoms with Crippen LogP contribution in [0.5, 0.6) is 0 Å². The van der Waals surface area contributed by atoms with E-state index in [0.29, 0.717) is 17.8 Å². The number of amides is 2. The van der Waals surface area contributed by atoms with Crippen molar-refractivity contribution in [3.63, 3.8) is 0 Å². The maximum Gasteiger partial charge on any atom is 0.251 e. The zero-order valence-electron chi connectivity index (χ0n) is 16.5. The highest BCUT2D eigenvalue weighted by atomic mass is 16.2. The van der Waals surface area contributed by atoms with E-state index in [2.05, 4.69) is 22.2 Å². The standard InChI is InChI=1S/C21H28N4O2/c1-5-7-17-12-18(24-14(4)23-17)15-8-6-9-16(11-15)21(27)25-19(20(22)26)10-13(2)3/h6,8-9,11-13,19H,5,7,10H2,1-4H3,(H2,22,26)(H,25,27)/t19-/m0/s1. The highest BCUT2D eigenvalue weighted by Crippen LogP contribution is 2.20. The lowest BCUT2D eigenvalue weighted by Crippen LogP contribution is -2.45. The summed E-state index contributed by atoms with van der Waals surface area (Å²) in [6.07, 6.45) is 2.39. The first-order valence-electron chi connectivity index (χ1n) is 9.35. The fraction of sp³-hybridized carbons (Fsp3) is 0.429. The van der Waals surface area contributed by atoms with Gasteiger partial charge in [-0.1, -0.05) is 39.3 Å². The van der Waals surface area contributed by atoms with Crippen molar-refractivity contribution in [2.45, 2.75) is 53.0 Å². The van der Waals surface area contributed by atoms with Crippen molar-refractivity contribution in [3.8, 4) is 11.3 Å². The van der Waals surface area contributed by atoms with Gasteiger partial charge >= 0.3 is 0 Å². The third-order valence-corrected chi connectivity index (χ3v) is 4.17. The molecule has 1 aromatic heterocycles. The van der Waals surface area contributed by atoms with Crippen molar-refractivity contribution in [1.29, 1.82) is 0 Å². The van der Waals surface area contributed by atoms with Crippen molar-refractivity contribution in [1.82, 2.24) is 15.3 Å². The second-order valence-electron chi connectivity index (χ2n) is 7.18. The summed E-state index contributed by atoms with van der Waals surface area (Å²) in [6.45, 7) is 7.93. The quantitative estimate of drug-likeness (QED) is 0.748. The molecule has 0 saturated carbocycles. The van der Waals surface area contributed by atoms with Crippen LogP contribution in [0.3, 0.4) is 0 Å². The van der Waals surface area contributed by atoms with Gasteiger partial charge in [-0.3, -0.25) is 9.59 Å². The fourth-order valence-corrected chi connectivity index (χ4v) is 2.94. The van der Waals surface area contributed by atoms with Gasteiger partial charge in [0.25, 0.3) is 5.91 Å².